The summed E-state index contributed by atoms with van der Waals surface area (Å²) < 4.78 is 9.51. The molecule has 1 atom stereocenters. The predicted molar refractivity (Wildman–Crippen MR) is 65.6 cm³/mol. The van der Waals surface area contributed by atoms with E-state index in [0.717, 1.165) is 18.0 Å². The fourth-order valence-corrected chi connectivity index (χ4v) is 1.77. The number of ether oxygens (including phenoxy) is 1. The SMILES string of the molecule is CCOc1c(N)nsc1NCC(C)CC. The third-order valence-corrected chi connectivity index (χ3v) is 3.07. The molecule has 0 aromatic carbocycles. The number of hydrogen-bond donors (Lipinski definition) is 2. The largest absolute Gasteiger partial charge is 0.487 e. The number of nitrogens with two attached hydrogens (primary N) is 1. The first-order chi connectivity index (χ1) is 7.19. The van der Waals surface area contributed by atoms with Crippen LogP contribution in [0.2, 0.25) is 0 Å². The molecule has 0 amide bonds. The van der Waals surface area contributed by atoms with Gasteiger partial charge >= 0.3 is 0 Å². The Morgan fingerprint density at radius 3 is 2.87 bits per heavy atom. The standard InChI is InChI=1S/C10H19N3OS/c1-4-7(3)6-12-10-8(14-5-2)9(11)13-15-10/h7,12H,4-6H2,1-3H3,(H2,11,13). The van der Waals surface area contributed by atoms with Crippen LogP contribution < -0.4 is 15.8 Å². The van der Waals surface area contributed by atoms with Crippen molar-refractivity contribution in [3.05, 3.63) is 0 Å². The van der Waals surface area contributed by atoms with Crippen LogP contribution in [0.15, 0.2) is 0 Å². The summed E-state index contributed by atoms with van der Waals surface area (Å²) in [5, 5.41) is 4.26. The molecule has 1 rings (SSSR count). The van der Waals surface area contributed by atoms with Gasteiger partial charge < -0.3 is 15.8 Å². The molecule has 86 valence electrons. The van der Waals surface area contributed by atoms with Crippen LogP contribution in [0.4, 0.5) is 10.8 Å². The number of nitrogen functional groups attached to an aromatic ring is 1. The van der Waals surface area contributed by atoms with Gasteiger partial charge in [0.05, 0.1) is 6.61 Å². The van der Waals surface area contributed by atoms with Gasteiger partial charge in [-0.05, 0) is 24.4 Å². The van der Waals surface area contributed by atoms with E-state index >= 15 is 0 Å². The monoisotopic (exact) mass is 229 g/mol. The maximum Gasteiger partial charge on any atom is 0.197 e. The highest BCUT2D eigenvalue weighted by Gasteiger charge is 2.12. The van der Waals surface area contributed by atoms with Crippen molar-refractivity contribution in [2.24, 2.45) is 5.92 Å². The Kier molecular flexibility index (Phi) is 4.68. The smallest absolute Gasteiger partial charge is 0.197 e. The molecule has 4 nitrogen and oxygen atoms in total. The first kappa shape index (κ1) is 12.1. The Morgan fingerprint density at radius 1 is 1.53 bits per heavy atom. The number of rotatable bonds is 6. The lowest BCUT2D eigenvalue weighted by atomic mass is 10.1. The summed E-state index contributed by atoms with van der Waals surface area (Å²) in [7, 11) is 0. The van der Waals surface area contributed by atoms with Crippen LogP contribution in [0, 0.1) is 5.92 Å². The molecule has 1 aromatic rings. The molecule has 0 aliphatic carbocycles. The maximum atomic E-state index is 5.70. The van der Waals surface area contributed by atoms with Gasteiger partial charge in [0.25, 0.3) is 0 Å². The third-order valence-electron chi connectivity index (χ3n) is 2.27. The predicted octanol–water partition coefficient (Wildman–Crippen LogP) is 2.58. The van der Waals surface area contributed by atoms with E-state index in [1.165, 1.54) is 11.5 Å². The minimum Gasteiger partial charge on any atom is -0.487 e. The Morgan fingerprint density at radius 2 is 2.27 bits per heavy atom. The molecule has 0 spiro atoms. The van der Waals surface area contributed by atoms with Crippen LogP contribution in [-0.2, 0) is 0 Å². The van der Waals surface area contributed by atoms with Crippen molar-refractivity contribution in [1.29, 1.82) is 0 Å². The van der Waals surface area contributed by atoms with Gasteiger partial charge in [-0.25, -0.2) is 0 Å². The average Bonchev–Trinajstić information content (AvgIpc) is 2.58. The maximum absolute atomic E-state index is 5.70. The van der Waals surface area contributed by atoms with Crippen molar-refractivity contribution in [3.63, 3.8) is 0 Å². The number of aromatic nitrogens is 1. The van der Waals surface area contributed by atoms with Gasteiger partial charge in [0.1, 0.15) is 0 Å². The van der Waals surface area contributed by atoms with E-state index in [0.29, 0.717) is 24.1 Å². The fraction of sp³-hybridized carbons (Fsp3) is 0.700. The van der Waals surface area contributed by atoms with Gasteiger partial charge in [-0.2, -0.15) is 4.37 Å². The molecule has 0 saturated carbocycles. The van der Waals surface area contributed by atoms with E-state index in [1.54, 1.807) is 0 Å². The van der Waals surface area contributed by atoms with Crippen molar-refractivity contribution in [2.75, 3.05) is 24.2 Å². The first-order valence-electron chi connectivity index (χ1n) is 5.30. The lowest BCUT2D eigenvalue weighted by molar-refractivity contribution is 0.344. The number of nitrogens with zero attached hydrogens (tertiary/aromatic N) is 1. The van der Waals surface area contributed by atoms with Crippen molar-refractivity contribution in [2.45, 2.75) is 27.2 Å². The van der Waals surface area contributed by atoms with Crippen molar-refractivity contribution < 1.29 is 4.74 Å². The van der Waals surface area contributed by atoms with Crippen molar-refractivity contribution in [3.8, 4) is 5.75 Å². The zero-order valence-corrected chi connectivity index (χ0v) is 10.4. The van der Waals surface area contributed by atoms with Gasteiger partial charge in [0.2, 0.25) is 0 Å². The molecule has 15 heavy (non-hydrogen) atoms. The lowest BCUT2D eigenvalue weighted by Gasteiger charge is -2.11. The molecular formula is C10H19N3OS. The number of hydrogen-bond acceptors (Lipinski definition) is 5. The van der Waals surface area contributed by atoms with Crippen molar-refractivity contribution >= 4 is 22.4 Å². The van der Waals surface area contributed by atoms with Gasteiger partial charge in [0.15, 0.2) is 16.6 Å². The molecule has 0 fully saturated rings. The summed E-state index contributed by atoms with van der Waals surface area (Å²) in [6.07, 6.45) is 1.16. The molecule has 3 N–H and O–H groups in total. The van der Waals surface area contributed by atoms with Crippen LogP contribution >= 0.6 is 11.5 Å². The summed E-state index contributed by atoms with van der Waals surface area (Å²) >= 11 is 1.36. The summed E-state index contributed by atoms with van der Waals surface area (Å²) in [4.78, 5) is 0. The van der Waals surface area contributed by atoms with Crippen molar-refractivity contribution in [1.82, 2.24) is 4.37 Å². The zero-order chi connectivity index (χ0) is 11.3. The first-order valence-corrected chi connectivity index (χ1v) is 6.08. The average molecular weight is 229 g/mol. The van der Waals surface area contributed by atoms with Gasteiger partial charge in [-0.1, -0.05) is 20.3 Å². The fourth-order valence-electron chi connectivity index (χ4n) is 1.10. The highest BCUT2D eigenvalue weighted by atomic mass is 32.1. The second kappa shape index (κ2) is 5.80. The van der Waals surface area contributed by atoms with Crippen LogP contribution in [0.3, 0.4) is 0 Å². The minimum absolute atomic E-state index is 0.480. The molecule has 5 heteroatoms. The van der Waals surface area contributed by atoms with E-state index in [2.05, 4.69) is 23.5 Å². The van der Waals surface area contributed by atoms with E-state index in [1.807, 2.05) is 6.92 Å². The number of nitrogens with one attached hydrogen (secondary N) is 1. The Labute approximate surface area is 95.0 Å². The highest BCUT2D eigenvalue weighted by Crippen LogP contribution is 2.35. The molecule has 0 aliphatic rings. The van der Waals surface area contributed by atoms with Crippen LogP contribution in [-0.4, -0.2) is 17.5 Å². The molecule has 1 aromatic heterocycles. The minimum atomic E-state index is 0.480. The van der Waals surface area contributed by atoms with Gasteiger partial charge in [0, 0.05) is 6.54 Å². The molecule has 0 bridgehead atoms. The quantitative estimate of drug-likeness (QED) is 0.787. The molecule has 1 unspecified atom stereocenters. The summed E-state index contributed by atoms with van der Waals surface area (Å²) in [6, 6.07) is 0. The highest BCUT2D eigenvalue weighted by molar-refractivity contribution is 7.11. The molecule has 1 heterocycles. The second-order valence-electron chi connectivity index (χ2n) is 3.55. The summed E-state index contributed by atoms with van der Waals surface area (Å²) in [6.45, 7) is 7.86. The van der Waals surface area contributed by atoms with Gasteiger partial charge in [-0.3, -0.25) is 0 Å². The normalized spacial score (nSPS) is 12.5. The van der Waals surface area contributed by atoms with E-state index in [9.17, 15) is 0 Å². The second-order valence-corrected chi connectivity index (χ2v) is 4.33. The lowest BCUT2D eigenvalue weighted by Crippen LogP contribution is -2.10. The Balaban J connectivity index is 2.60. The molecule has 0 aliphatic heterocycles. The van der Waals surface area contributed by atoms with E-state index < -0.39 is 0 Å². The molecular weight excluding hydrogens is 210 g/mol. The van der Waals surface area contributed by atoms with E-state index in [4.69, 9.17) is 10.5 Å². The molecule has 0 radical (unpaired) electrons. The summed E-state index contributed by atoms with van der Waals surface area (Å²) in [5.74, 6) is 1.82. The van der Waals surface area contributed by atoms with E-state index in [-0.39, 0.29) is 0 Å². The Hall–Kier alpha value is -0.970. The Bertz CT molecular complexity index is 301. The summed E-state index contributed by atoms with van der Waals surface area (Å²) in [5.41, 5.74) is 5.70. The third kappa shape index (κ3) is 3.27. The van der Waals surface area contributed by atoms with Crippen LogP contribution in [0.25, 0.3) is 0 Å². The zero-order valence-electron chi connectivity index (χ0n) is 9.54. The number of anilines is 2. The van der Waals surface area contributed by atoms with Crippen LogP contribution in [0.1, 0.15) is 27.2 Å². The van der Waals surface area contributed by atoms with Crippen LogP contribution in [0.5, 0.6) is 5.75 Å². The topological polar surface area (TPSA) is 60.2 Å². The molecule has 0 saturated heterocycles. The van der Waals surface area contributed by atoms with Gasteiger partial charge in [-0.15, -0.1) is 0 Å².